The fourth-order valence-electron chi connectivity index (χ4n) is 1.42. The maximum absolute atomic E-state index is 11.5. The van der Waals surface area contributed by atoms with Gasteiger partial charge in [-0.05, 0) is 19.8 Å². The maximum atomic E-state index is 11.5. The number of carbonyl (C=O) groups is 1. The van der Waals surface area contributed by atoms with E-state index in [1.165, 1.54) is 0 Å². The minimum Gasteiger partial charge on any atom is -0.393 e. The Labute approximate surface area is 77.8 Å². The number of nitriles is 1. The first-order chi connectivity index (χ1) is 6.15. The highest BCUT2D eigenvalue weighted by molar-refractivity contribution is 5.80. The van der Waals surface area contributed by atoms with Gasteiger partial charge in [-0.3, -0.25) is 4.79 Å². The summed E-state index contributed by atoms with van der Waals surface area (Å²) in [5, 5.41) is 17.7. The van der Waals surface area contributed by atoms with Gasteiger partial charge in [0.25, 0.3) is 0 Å². The van der Waals surface area contributed by atoms with Crippen molar-refractivity contribution in [2.75, 3.05) is 13.1 Å². The van der Waals surface area contributed by atoms with E-state index in [1.807, 2.05) is 6.07 Å². The number of rotatable bonds is 1. The van der Waals surface area contributed by atoms with E-state index in [9.17, 15) is 9.90 Å². The summed E-state index contributed by atoms with van der Waals surface area (Å²) in [5.41, 5.74) is 0. The summed E-state index contributed by atoms with van der Waals surface area (Å²) in [7, 11) is 0. The van der Waals surface area contributed by atoms with Gasteiger partial charge < -0.3 is 10.0 Å². The molecule has 0 bridgehead atoms. The van der Waals surface area contributed by atoms with Gasteiger partial charge in [0.2, 0.25) is 5.91 Å². The lowest BCUT2D eigenvalue weighted by Gasteiger charge is -2.30. The number of aliphatic hydroxyl groups is 1. The number of hydrogen-bond donors (Lipinski definition) is 1. The van der Waals surface area contributed by atoms with E-state index < -0.39 is 5.92 Å². The second-order valence-corrected chi connectivity index (χ2v) is 3.41. The quantitative estimate of drug-likeness (QED) is 0.627. The smallest absolute Gasteiger partial charge is 0.239 e. The molecule has 1 unspecified atom stereocenters. The summed E-state index contributed by atoms with van der Waals surface area (Å²) in [6.45, 7) is 2.76. The molecule has 4 nitrogen and oxygen atoms in total. The Balaban J connectivity index is 2.46. The van der Waals surface area contributed by atoms with Gasteiger partial charge in [-0.2, -0.15) is 5.26 Å². The zero-order valence-corrected chi connectivity index (χ0v) is 7.73. The van der Waals surface area contributed by atoms with Crippen LogP contribution >= 0.6 is 0 Å². The van der Waals surface area contributed by atoms with E-state index in [0.717, 1.165) is 0 Å². The second-order valence-electron chi connectivity index (χ2n) is 3.41. The Morgan fingerprint density at radius 2 is 2.15 bits per heavy atom. The molecule has 1 aliphatic rings. The van der Waals surface area contributed by atoms with Crippen molar-refractivity contribution in [2.24, 2.45) is 5.92 Å². The van der Waals surface area contributed by atoms with E-state index in [-0.39, 0.29) is 12.0 Å². The van der Waals surface area contributed by atoms with Gasteiger partial charge in [0.05, 0.1) is 12.2 Å². The average molecular weight is 182 g/mol. The van der Waals surface area contributed by atoms with Crippen LogP contribution in [-0.4, -0.2) is 35.1 Å². The van der Waals surface area contributed by atoms with Crippen molar-refractivity contribution in [3.8, 4) is 6.07 Å². The van der Waals surface area contributed by atoms with Crippen molar-refractivity contribution < 1.29 is 9.90 Å². The highest BCUT2D eigenvalue weighted by Gasteiger charge is 2.24. The predicted octanol–water partition coefficient (Wildman–Crippen LogP) is 0.129. The number of carbonyl (C=O) groups excluding carboxylic acids is 1. The van der Waals surface area contributed by atoms with E-state index >= 15 is 0 Å². The van der Waals surface area contributed by atoms with Crippen LogP contribution in [0.1, 0.15) is 19.8 Å². The largest absolute Gasteiger partial charge is 0.393 e. The van der Waals surface area contributed by atoms with Gasteiger partial charge in [0.15, 0.2) is 0 Å². The number of piperidine rings is 1. The normalized spacial score (nSPS) is 20.8. The lowest BCUT2D eigenvalue weighted by atomic mass is 10.1. The van der Waals surface area contributed by atoms with Crippen molar-refractivity contribution in [1.82, 2.24) is 4.90 Å². The van der Waals surface area contributed by atoms with Crippen LogP contribution in [0, 0.1) is 17.2 Å². The third kappa shape index (κ3) is 2.43. The molecule has 1 atom stereocenters. The van der Waals surface area contributed by atoms with E-state index in [0.29, 0.717) is 25.9 Å². The Kier molecular flexibility index (Phi) is 3.26. The molecule has 1 amide bonds. The van der Waals surface area contributed by atoms with Gasteiger partial charge in [-0.15, -0.1) is 0 Å². The molecule has 0 spiro atoms. The van der Waals surface area contributed by atoms with Gasteiger partial charge in [-0.25, -0.2) is 0 Å². The van der Waals surface area contributed by atoms with Crippen LogP contribution in [0.5, 0.6) is 0 Å². The Morgan fingerprint density at radius 3 is 2.62 bits per heavy atom. The summed E-state index contributed by atoms with van der Waals surface area (Å²) in [6.07, 6.45) is 0.981. The summed E-state index contributed by atoms with van der Waals surface area (Å²) in [6, 6.07) is 1.92. The first-order valence-electron chi connectivity index (χ1n) is 4.51. The Hall–Kier alpha value is -1.08. The monoisotopic (exact) mass is 182 g/mol. The first-order valence-corrected chi connectivity index (χ1v) is 4.51. The lowest BCUT2D eigenvalue weighted by Crippen LogP contribution is -2.42. The standard InChI is InChI=1S/C9H14N2O2/c1-7(6-10)9(13)11-4-2-8(12)3-5-11/h7-8,12H,2-5H2,1H3. The van der Waals surface area contributed by atoms with Crippen molar-refractivity contribution >= 4 is 5.91 Å². The molecule has 0 aromatic carbocycles. The molecule has 1 fully saturated rings. The van der Waals surface area contributed by atoms with E-state index in [1.54, 1.807) is 11.8 Å². The minimum atomic E-state index is -0.560. The summed E-state index contributed by atoms with van der Waals surface area (Å²) in [5.74, 6) is -0.676. The molecule has 4 heteroatoms. The third-order valence-corrected chi connectivity index (χ3v) is 2.34. The van der Waals surface area contributed by atoms with Crippen LogP contribution in [0.4, 0.5) is 0 Å². The number of likely N-dealkylation sites (tertiary alicyclic amines) is 1. The highest BCUT2D eigenvalue weighted by Crippen LogP contribution is 2.12. The summed E-state index contributed by atoms with van der Waals surface area (Å²) >= 11 is 0. The van der Waals surface area contributed by atoms with Crippen molar-refractivity contribution in [2.45, 2.75) is 25.9 Å². The van der Waals surface area contributed by atoms with Gasteiger partial charge in [-0.1, -0.05) is 0 Å². The molecule has 0 saturated carbocycles. The Bertz CT molecular complexity index is 226. The second kappa shape index (κ2) is 4.24. The molecule has 0 radical (unpaired) electrons. The lowest BCUT2D eigenvalue weighted by molar-refractivity contribution is -0.135. The van der Waals surface area contributed by atoms with Crippen molar-refractivity contribution in [3.05, 3.63) is 0 Å². The van der Waals surface area contributed by atoms with E-state index in [2.05, 4.69) is 0 Å². The van der Waals surface area contributed by atoms with Crippen molar-refractivity contribution in [3.63, 3.8) is 0 Å². The molecule has 0 aliphatic carbocycles. The summed E-state index contributed by atoms with van der Waals surface area (Å²) in [4.78, 5) is 13.1. The van der Waals surface area contributed by atoms with Gasteiger partial charge in [0, 0.05) is 13.1 Å². The Morgan fingerprint density at radius 1 is 1.62 bits per heavy atom. The molecule has 1 rings (SSSR count). The zero-order valence-electron chi connectivity index (χ0n) is 7.73. The van der Waals surface area contributed by atoms with Crippen LogP contribution in [0.15, 0.2) is 0 Å². The van der Waals surface area contributed by atoms with Crippen LogP contribution < -0.4 is 0 Å². The first kappa shape index (κ1) is 10.0. The molecule has 1 aliphatic heterocycles. The predicted molar refractivity (Wildman–Crippen MR) is 46.6 cm³/mol. The molecule has 13 heavy (non-hydrogen) atoms. The van der Waals surface area contributed by atoms with E-state index in [4.69, 9.17) is 5.26 Å². The molecule has 1 saturated heterocycles. The number of amides is 1. The minimum absolute atomic E-state index is 0.116. The number of hydrogen-bond acceptors (Lipinski definition) is 3. The number of aliphatic hydroxyl groups excluding tert-OH is 1. The molecule has 72 valence electrons. The topological polar surface area (TPSA) is 64.3 Å². The molecule has 0 aromatic heterocycles. The van der Waals surface area contributed by atoms with Crippen LogP contribution in [-0.2, 0) is 4.79 Å². The van der Waals surface area contributed by atoms with Crippen LogP contribution in [0.3, 0.4) is 0 Å². The van der Waals surface area contributed by atoms with Crippen molar-refractivity contribution in [1.29, 1.82) is 5.26 Å². The van der Waals surface area contributed by atoms with Crippen LogP contribution in [0.2, 0.25) is 0 Å². The number of nitrogens with zero attached hydrogens (tertiary/aromatic N) is 2. The molecule has 0 aromatic rings. The van der Waals surface area contributed by atoms with Crippen LogP contribution in [0.25, 0.3) is 0 Å². The SMILES string of the molecule is CC(C#N)C(=O)N1CCC(O)CC1. The zero-order chi connectivity index (χ0) is 9.84. The molecule has 1 N–H and O–H groups in total. The molecular weight excluding hydrogens is 168 g/mol. The van der Waals surface area contributed by atoms with Gasteiger partial charge in [0.1, 0.15) is 5.92 Å². The fraction of sp³-hybridized carbons (Fsp3) is 0.778. The molecule has 1 heterocycles. The maximum Gasteiger partial charge on any atom is 0.239 e. The summed E-state index contributed by atoms with van der Waals surface area (Å²) < 4.78 is 0. The average Bonchev–Trinajstić information content (AvgIpc) is 2.17. The molecular formula is C9H14N2O2. The van der Waals surface area contributed by atoms with Gasteiger partial charge >= 0.3 is 0 Å². The third-order valence-electron chi connectivity index (χ3n) is 2.34. The fourth-order valence-corrected chi connectivity index (χ4v) is 1.42. The highest BCUT2D eigenvalue weighted by atomic mass is 16.3.